The summed E-state index contributed by atoms with van der Waals surface area (Å²) in [6.45, 7) is 2.37. The molecule has 3 aromatic rings. The number of methoxy groups -OCH3 is 3. The molecule has 0 bridgehead atoms. The average Bonchev–Trinajstić information content (AvgIpc) is 3.66. The maximum Gasteiger partial charge on any atom is 0.287 e. The zero-order valence-corrected chi connectivity index (χ0v) is 23.7. The Bertz CT molecular complexity index is 1230. The highest BCUT2D eigenvalue weighted by molar-refractivity contribution is 7.98. The van der Waals surface area contributed by atoms with Gasteiger partial charge in [0.2, 0.25) is 0 Å². The fourth-order valence-electron chi connectivity index (χ4n) is 4.20. The van der Waals surface area contributed by atoms with E-state index in [9.17, 15) is 4.79 Å². The molecule has 0 radical (unpaired) electrons. The molecule has 0 aliphatic carbocycles. The predicted molar refractivity (Wildman–Crippen MR) is 149 cm³/mol. The predicted octanol–water partition coefficient (Wildman–Crippen LogP) is 4.11. The Hall–Kier alpha value is -3.28. The zero-order chi connectivity index (χ0) is 27.6. The fourth-order valence-corrected chi connectivity index (χ4v) is 4.97. The molecule has 1 N–H and O–H groups in total. The molecule has 39 heavy (non-hydrogen) atoms. The number of nitrogens with one attached hydrogen (secondary N) is 1. The summed E-state index contributed by atoms with van der Waals surface area (Å²) in [7, 11) is 6.91. The smallest absolute Gasteiger partial charge is 0.287 e. The van der Waals surface area contributed by atoms with Crippen molar-refractivity contribution in [3.8, 4) is 11.5 Å². The molecule has 210 valence electrons. The van der Waals surface area contributed by atoms with E-state index in [4.69, 9.17) is 28.3 Å². The number of nitrogens with zero attached hydrogens (tertiary/aromatic N) is 3. The molecule has 1 fully saturated rings. The van der Waals surface area contributed by atoms with E-state index in [1.54, 1.807) is 27.4 Å². The summed E-state index contributed by atoms with van der Waals surface area (Å²) in [5, 5.41) is 3.49. The molecule has 1 saturated heterocycles. The van der Waals surface area contributed by atoms with Gasteiger partial charge in [-0.1, -0.05) is 17.8 Å². The van der Waals surface area contributed by atoms with Crippen molar-refractivity contribution in [3.05, 3.63) is 59.2 Å². The Balaban J connectivity index is 1.36. The molecular formula is C28H36N4O6S. The SMILES string of the molecule is COCc1cc(N(C)CCc2ccc(OC)c(OC)c2)nc(SCc2ccc(C(=O)NC[C@H]3CCCO3)o2)n1. The van der Waals surface area contributed by atoms with E-state index in [1.165, 1.54) is 11.8 Å². The summed E-state index contributed by atoms with van der Waals surface area (Å²) in [4.78, 5) is 23.9. The summed E-state index contributed by atoms with van der Waals surface area (Å²) in [6, 6.07) is 11.4. The summed E-state index contributed by atoms with van der Waals surface area (Å²) >= 11 is 1.45. The van der Waals surface area contributed by atoms with Gasteiger partial charge in [0, 0.05) is 39.9 Å². The number of rotatable bonds is 14. The first-order chi connectivity index (χ1) is 19.0. The zero-order valence-electron chi connectivity index (χ0n) is 22.9. The molecule has 1 aliphatic heterocycles. The van der Waals surface area contributed by atoms with Crippen molar-refractivity contribution in [1.82, 2.24) is 15.3 Å². The van der Waals surface area contributed by atoms with Crippen LogP contribution in [0.25, 0.3) is 0 Å². The van der Waals surface area contributed by atoms with Crippen molar-refractivity contribution in [2.24, 2.45) is 0 Å². The van der Waals surface area contributed by atoms with Crippen molar-refractivity contribution in [1.29, 1.82) is 0 Å². The number of anilines is 1. The van der Waals surface area contributed by atoms with Gasteiger partial charge in [-0.15, -0.1) is 0 Å². The number of furan rings is 1. The normalized spacial score (nSPS) is 14.8. The van der Waals surface area contributed by atoms with E-state index in [0.717, 1.165) is 49.5 Å². The van der Waals surface area contributed by atoms with E-state index < -0.39 is 0 Å². The lowest BCUT2D eigenvalue weighted by molar-refractivity contribution is 0.0834. The van der Waals surface area contributed by atoms with E-state index >= 15 is 0 Å². The monoisotopic (exact) mass is 556 g/mol. The molecule has 1 atom stereocenters. The van der Waals surface area contributed by atoms with Gasteiger partial charge in [-0.2, -0.15) is 0 Å². The number of carbonyl (C=O) groups is 1. The summed E-state index contributed by atoms with van der Waals surface area (Å²) < 4.78 is 27.4. The van der Waals surface area contributed by atoms with Crippen LogP contribution in [0, 0.1) is 0 Å². The Labute approximate surface area is 233 Å². The topological polar surface area (TPSA) is 108 Å². The second-order valence-electron chi connectivity index (χ2n) is 9.19. The van der Waals surface area contributed by atoms with Gasteiger partial charge in [-0.3, -0.25) is 4.79 Å². The van der Waals surface area contributed by atoms with E-state index in [1.807, 2.05) is 37.4 Å². The number of hydrogen-bond acceptors (Lipinski definition) is 10. The van der Waals surface area contributed by atoms with E-state index in [0.29, 0.717) is 41.3 Å². The number of thioether (sulfide) groups is 1. The third-order valence-electron chi connectivity index (χ3n) is 6.36. The summed E-state index contributed by atoms with van der Waals surface area (Å²) in [6.07, 6.45) is 2.89. The summed E-state index contributed by atoms with van der Waals surface area (Å²) in [5.41, 5.74) is 1.92. The van der Waals surface area contributed by atoms with Crippen molar-refractivity contribution >= 4 is 23.5 Å². The van der Waals surface area contributed by atoms with Crippen LogP contribution in [0.15, 0.2) is 46.0 Å². The van der Waals surface area contributed by atoms with E-state index in [-0.39, 0.29) is 17.8 Å². The highest BCUT2D eigenvalue weighted by atomic mass is 32.2. The lowest BCUT2D eigenvalue weighted by Crippen LogP contribution is -2.31. The molecule has 0 unspecified atom stereocenters. The van der Waals surface area contributed by atoms with Gasteiger partial charge < -0.3 is 33.6 Å². The summed E-state index contributed by atoms with van der Waals surface area (Å²) in [5.74, 6) is 3.43. The molecule has 11 heteroatoms. The first-order valence-corrected chi connectivity index (χ1v) is 13.9. The van der Waals surface area contributed by atoms with Crippen molar-refractivity contribution in [2.45, 2.75) is 42.9 Å². The number of carbonyl (C=O) groups excluding carboxylic acids is 1. The Morgan fingerprint density at radius 2 is 1.97 bits per heavy atom. The van der Waals surface area contributed by atoms with E-state index in [2.05, 4.69) is 15.2 Å². The fraction of sp³-hybridized carbons (Fsp3) is 0.464. The van der Waals surface area contributed by atoms with Gasteiger partial charge in [0.15, 0.2) is 22.4 Å². The van der Waals surface area contributed by atoms with Crippen LogP contribution in [-0.2, 0) is 28.3 Å². The minimum atomic E-state index is -0.238. The molecule has 0 spiro atoms. The third kappa shape index (κ3) is 8.11. The standard InChI is InChI=1S/C28H36N4O6S/c1-32(12-11-19-7-9-23(35-3)25(14-19)36-4)26-15-20(17-34-2)30-28(31-26)39-18-22-8-10-24(38-22)27(33)29-16-21-6-5-13-37-21/h7-10,14-15,21H,5-6,11-13,16-18H2,1-4H3,(H,29,33)/t21-/m1/s1. The molecule has 2 aromatic heterocycles. The molecule has 0 saturated carbocycles. The minimum absolute atomic E-state index is 0.0850. The van der Waals surface area contributed by atoms with Gasteiger partial charge in [0.1, 0.15) is 11.6 Å². The lowest BCUT2D eigenvalue weighted by atomic mass is 10.1. The molecule has 1 amide bonds. The number of amides is 1. The molecule has 1 aromatic carbocycles. The van der Waals surface area contributed by atoms with Crippen molar-refractivity contribution in [3.63, 3.8) is 0 Å². The van der Waals surface area contributed by atoms with Crippen molar-refractivity contribution in [2.75, 3.05) is 53.0 Å². The second-order valence-corrected chi connectivity index (χ2v) is 10.1. The van der Waals surface area contributed by atoms with Crippen LogP contribution >= 0.6 is 11.8 Å². The Kier molecular flexibility index (Phi) is 10.5. The van der Waals surface area contributed by atoms with Gasteiger partial charge in [-0.25, -0.2) is 9.97 Å². The van der Waals surface area contributed by atoms with Crippen LogP contribution < -0.4 is 19.7 Å². The van der Waals surface area contributed by atoms with Crippen LogP contribution in [0.1, 0.15) is 40.4 Å². The molecule has 1 aliphatic rings. The number of benzene rings is 1. The quantitative estimate of drug-likeness (QED) is 0.230. The number of aromatic nitrogens is 2. The molecule has 4 rings (SSSR count). The molecule has 10 nitrogen and oxygen atoms in total. The first kappa shape index (κ1) is 28.7. The van der Waals surface area contributed by atoms with Crippen LogP contribution in [0.3, 0.4) is 0 Å². The third-order valence-corrected chi connectivity index (χ3v) is 7.23. The van der Waals surface area contributed by atoms with Crippen LogP contribution in [0.4, 0.5) is 5.82 Å². The van der Waals surface area contributed by atoms with Crippen LogP contribution in [0.2, 0.25) is 0 Å². The highest BCUT2D eigenvalue weighted by Gasteiger charge is 2.18. The van der Waals surface area contributed by atoms with Gasteiger partial charge in [0.05, 0.1) is 38.4 Å². The Morgan fingerprint density at radius 3 is 2.72 bits per heavy atom. The lowest BCUT2D eigenvalue weighted by Gasteiger charge is -2.20. The molecule has 3 heterocycles. The minimum Gasteiger partial charge on any atom is -0.493 e. The Morgan fingerprint density at radius 1 is 1.13 bits per heavy atom. The van der Waals surface area contributed by atoms with Crippen molar-refractivity contribution < 1.29 is 28.2 Å². The van der Waals surface area contributed by atoms with Crippen LogP contribution in [-0.4, -0.2) is 70.1 Å². The first-order valence-electron chi connectivity index (χ1n) is 12.9. The maximum absolute atomic E-state index is 12.4. The van der Waals surface area contributed by atoms with Gasteiger partial charge in [0.25, 0.3) is 5.91 Å². The second kappa shape index (κ2) is 14.2. The number of ether oxygens (including phenoxy) is 4. The number of hydrogen-bond donors (Lipinski definition) is 1. The number of likely N-dealkylation sites (N-methyl/N-ethyl adjacent to an activating group) is 1. The molecular weight excluding hydrogens is 520 g/mol. The van der Waals surface area contributed by atoms with Crippen LogP contribution in [0.5, 0.6) is 11.5 Å². The highest BCUT2D eigenvalue weighted by Crippen LogP contribution is 2.28. The van der Waals surface area contributed by atoms with Gasteiger partial charge in [-0.05, 0) is 49.1 Å². The maximum atomic E-state index is 12.4. The average molecular weight is 557 g/mol. The van der Waals surface area contributed by atoms with Gasteiger partial charge >= 0.3 is 0 Å². The largest absolute Gasteiger partial charge is 0.493 e.